The zero-order valence-corrected chi connectivity index (χ0v) is 10.6. The zero-order valence-electron chi connectivity index (χ0n) is 9.01. The molecule has 0 saturated heterocycles. The Morgan fingerprint density at radius 1 is 1.29 bits per heavy atom. The Kier molecular flexibility index (Phi) is 3.17. The summed E-state index contributed by atoms with van der Waals surface area (Å²) < 4.78 is 21.9. The van der Waals surface area contributed by atoms with Gasteiger partial charge in [0.15, 0.2) is 0 Å². The Morgan fingerprint density at radius 3 is 2.47 bits per heavy atom. The van der Waals surface area contributed by atoms with E-state index >= 15 is 0 Å². The topological polar surface area (TPSA) is 75.7 Å². The summed E-state index contributed by atoms with van der Waals surface area (Å²) in [7, 11) is 1.26. The number of benzene rings is 1. The molecule has 0 aliphatic rings. The molecule has 0 unspecified atom stereocenters. The molecule has 90 valence electrons. The van der Waals surface area contributed by atoms with E-state index in [9.17, 15) is 8.42 Å². The Hall–Kier alpha value is -1.40. The van der Waals surface area contributed by atoms with Gasteiger partial charge in [0.05, 0.1) is 0 Å². The number of hydrogen-bond donors (Lipinski definition) is 1. The summed E-state index contributed by atoms with van der Waals surface area (Å²) in [5.41, 5.74) is 2.18. The van der Waals surface area contributed by atoms with E-state index in [1.807, 2.05) is 31.2 Å². The van der Waals surface area contributed by atoms with E-state index in [1.165, 1.54) is 0 Å². The van der Waals surface area contributed by atoms with E-state index < -0.39 is 9.05 Å². The van der Waals surface area contributed by atoms with Gasteiger partial charge in [0, 0.05) is 17.1 Å². The number of H-pyrrole nitrogens is 1. The van der Waals surface area contributed by atoms with Gasteiger partial charge in [-0.25, -0.2) is 13.4 Å². The quantitative estimate of drug-likeness (QED) is 0.861. The summed E-state index contributed by atoms with van der Waals surface area (Å²) in [6.07, 6.45) is 0.486. The fourth-order valence-electron chi connectivity index (χ4n) is 1.37. The van der Waals surface area contributed by atoms with Crippen LogP contribution in [0.5, 0.6) is 0 Å². The molecular formula is C10H10ClN3O2S. The van der Waals surface area contributed by atoms with E-state index in [0.29, 0.717) is 12.2 Å². The predicted molar refractivity (Wildman–Crippen MR) is 63.4 cm³/mol. The van der Waals surface area contributed by atoms with Crippen LogP contribution in [0.25, 0.3) is 0 Å². The highest BCUT2D eigenvalue weighted by Gasteiger charge is 2.16. The molecular weight excluding hydrogens is 262 g/mol. The Labute approximate surface area is 103 Å². The van der Waals surface area contributed by atoms with Crippen LogP contribution in [-0.2, 0) is 15.5 Å². The normalized spacial score (nSPS) is 11.6. The molecule has 7 heteroatoms. The summed E-state index contributed by atoms with van der Waals surface area (Å²) in [6, 6.07) is 7.86. The molecule has 0 aliphatic heterocycles. The van der Waals surface area contributed by atoms with Crippen molar-refractivity contribution in [2.75, 3.05) is 0 Å². The lowest BCUT2D eigenvalue weighted by Crippen LogP contribution is -1.94. The van der Waals surface area contributed by atoms with E-state index in [-0.39, 0.29) is 5.16 Å². The summed E-state index contributed by atoms with van der Waals surface area (Å²) in [5, 5.41) is 5.71. The lowest BCUT2D eigenvalue weighted by Gasteiger charge is -1.98. The van der Waals surface area contributed by atoms with E-state index in [1.54, 1.807) is 0 Å². The van der Waals surface area contributed by atoms with Crippen LogP contribution in [-0.4, -0.2) is 23.6 Å². The molecule has 0 radical (unpaired) electrons. The summed E-state index contributed by atoms with van der Waals surface area (Å²) in [5.74, 6) is 0.466. The van der Waals surface area contributed by atoms with Gasteiger partial charge < -0.3 is 0 Å². The Balaban J connectivity index is 2.20. The first-order valence-corrected chi connectivity index (χ1v) is 7.17. The second-order valence-corrected chi connectivity index (χ2v) is 6.12. The highest BCUT2D eigenvalue weighted by molar-refractivity contribution is 8.13. The van der Waals surface area contributed by atoms with Gasteiger partial charge in [-0.2, -0.15) is 0 Å². The van der Waals surface area contributed by atoms with Crippen molar-refractivity contribution in [1.82, 2.24) is 15.2 Å². The smallest absolute Gasteiger partial charge is 0.262 e. The monoisotopic (exact) mass is 271 g/mol. The molecule has 2 aromatic rings. The SMILES string of the molecule is Cc1ccc(Cc2nc(S(=O)(=O)Cl)n[nH]2)cc1. The van der Waals surface area contributed by atoms with Gasteiger partial charge >= 0.3 is 0 Å². The molecule has 0 saturated carbocycles. The van der Waals surface area contributed by atoms with Crippen LogP contribution in [0, 0.1) is 6.92 Å². The van der Waals surface area contributed by atoms with E-state index in [4.69, 9.17) is 10.7 Å². The van der Waals surface area contributed by atoms with Gasteiger partial charge in [0.2, 0.25) is 0 Å². The van der Waals surface area contributed by atoms with Crippen molar-refractivity contribution < 1.29 is 8.42 Å². The molecule has 5 nitrogen and oxygen atoms in total. The average Bonchev–Trinajstić information content (AvgIpc) is 2.69. The van der Waals surface area contributed by atoms with Crippen LogP contribution in [0.2, 0.25) is 0 Å². The number of aryl methyl sites for hydroxylation is 1. The zero-order chi connectivity index (χ0) is 12.5. The average molecular weight is 272 g/mol. The molecule has 0 bridgehead atoms. The molecule has 1 aromatic carbocycles. The highest BCUT2D eigenvalue weighted by atomic mass is 35.7. The molecule has 0 spiro atoms. The maximum Gasteiger partial charge on any atom is 0.298 e. The molecule has 2 rings (SSSR count). The first-order valence-electron chi connectivity index (χ1n) is 4.86. The largest absolute Gasteiger partial charge is 0.298 e. The van der Waals surface area contributed by atoms with Crippen molar-refractivity contribution in [3.63, 3.8) is 0 Å². The summed E-state index contributed by atoms with van der Waals surface area (Å²) in [6.45, 7) is 2.00. The van der Waals surface area contributed by atoms with Gasteiger partial charge in [-0.3, -0.25) is 5.10 Å². The van der Waals surface area contributed by atoms with Crippen LogP contribution in [0.4, 0.5) is 0 Å². The number of hydrogen-bond acceptors (Lipinski definition) is 4. The fourth-order valence-corrected chi connectivity index (χ4v) is 1.95. The molecule has 0 aliphatic carbocycles. The van der Waals surface area contributed by atoms with Crippen LogP contribution in [0.3, 0.4) is 0 Å². The number of rotatable bonds is 3. The number of aromatic amines is 1. The second kappa shape index (κ2) is 4.46. The number of nitrogens with one attached hydrogen (secondary N) is 1. The number of nitrogens with zero attached hydrogens (tertiary/aromatic N) is 2. The van der Waals surface area contributed by atoms with Gasteiger partial charge in [0.1, 0.15) is 5.82 Å². The third kappa shape index (κ3) is 3.04. The number of halogens is 1. The van der Waals surface area contributed by atoms with Crippen molar-refractivity contribution in [2.45, 2.75) is 18.5 Å². The summed E-state index contributed by atoms with van der Waals surface area (Å²) in [4.78, 5) is 3.81. The molecule has 0 fully saturated rings. The van der Waals surface area contributed by atoms with Crippen LogP contribution in [0.15, 0.2) is 29.4 Å². The predicted octanol–water partition coefficient (Wildman–Crippen LogP) is 1.63. The molecule has 0 atom stereocenters. The highest BCUT2D eigenvalue weighted by Crippen LogP contribution is 2.11. The third-order valence-electron chi connectivity index (χ3n) is 2.22. The van der Waals surface area contributed by atoms with Crippen LogP contribution >= 0.6 is 10.7 Å². The first-order chi connectivity index (χ1) is 7.95. The van der Waals surface area contributed by atoms with Gasteiger partial charge in [0.25, 0.3) is 14.2 Å². The fraction of sp³-hybridized carbons (Fsp3) is 0.200. The minimum absolute atomic E-state index is 0.388. The first kappa shape index (κ1) is 12.1. The second-order valence-electron chi connectivity index (χ2n) is 3.66. The maximum absolute atomic E-state index is 11.0. The summed E-state index contributed by atoms with van der Waals surface area (Å²) >= 11 is 0. The van der Waals surface area contributed by atoms with Gasteiger partial charge in [-0.15, -0.1) is 5.10 Å². The molecule has 0 amide bonds. The lowest BCUT2D eigenvalue weighted by molar-refractivity contribution is 0.602. The van der Waals surface area contributed by atoms with E-state index in [0.717, 1.165) is 11.1 Å². The van der Waals surface area contributed by atoms with Crippen LogP contribution < -0.4 is 0 Å². The van der Waals surface area contributed by atoms with Gasteiger partial charge in [-0.1, -0.05) is 29.8 Å². The van der Waals surface area contributed by atoms with Crippen LogP contribution in [0.1, 0.15) is 17.0 Å². The van der Waals surface area contributed by atoms with Gasteiger partial charge in [-0.05, 0) is 12.5 Å². The standard InChI is InChI=1S/C10H10ClN3O2S/c1-7-2-4-8(5-3-7)6-9-12-10(14-13-9)17(11,15)16/h2-5H,6H2,1H3,(H,12,13,14). The minimum atomic E-state index is -3.86. The van der Waals surface area contributed by atoms with E-state index in [2.05, 4.69) is 15.2 Å². The molecule has 1 heterocycles. The van der Waals surface area contributed by atoms with Crippen molar-refractivity contribution >= 4 is 19.7 Å². The number of aromatic nitrogens is 3. The third-order valence-corrected chi connectivity index (χ3v) is 3.25. The van der Waals surface area contributed by atoms with Crippen molar-refractivity contribution in [1.29, 1.82) is 0 Å². The Bertz CT molecular complexity index is 619. The van der Waals surface area contributed by atoms with Crippen molar-refractivity contribution in [3.05, 3.63) is 41.2 Å². The maximum atomic E-state index is 11.0. The minimum Gasteiger partial charge on any atom is -0.262 e. The molecule has 1 N–H and O–H groups in total. The van der Waals surface area contributed by atoms with Crippen molar-refractivity contribution in [3.8, 4) is 0 Å². The molecule has 17 heavy (non-hydrogen) atoms. The molecule has 1 aromatic heterocycles. The Morgan fingerprint density at radius 2 is 1.94 bits per heavy atom. The van der Waals surface area contributed by atoms with Crippen molar-refractivity contribution in [2.24, 2.45) is 0 Å². The lowest BCUT2D eigenvalue weighted by atomic mass is 10.1.